The lowest BCUT2D eigenvalue weighted by atomic mass is 9.82. The molecule has 0 bridgehead atoms. The first kappa shape index (κ1) is 17.6. The number of carbonyl (C=O) groups is 1. The predicted molar refractivity (Wildman–Crippen MR) is 107 cm³/mol. The molecular weight excluding hydrogens is 338 g/mol. The molecule has 2 atom stereocenters. The van der Waals surface area contributed by atoms with Gasteiger partial charge in [-0.25, -0.2) is 0 Å². The number of amides is 1. The summed E-state index contributed by atoms with van der Waals surface area (Å²) >= 11 is 0. The number of hydrogen-bond acceptors (Lipinski definition) is 3. The van der Waals surface area contributed by atoms with Gasteiger partial charge in [-0.3, -0.25) is 9.69 Å². The van der Waals surface area contributed by atoms with Crippen LogP contribution in [0.2, 0.25) is 0 Å². The molecule has 4 heteroatoms. The maximum atomic E-state index is 12.9. The van der Waals surface area contributed by atoms with Gasteiger partial charge in [-0.05, 0) is 49.2 Å². The molecule has 0 radical (unpaired) electrons. The summed E-state index contributed by atoms with van der Waals surface area (Å²) < 4.78 is 11.3. The number of β-lactam (4-membered cyclic amide) rings is 1. The van der Waals surface area contributed by atoms with Crippen LogP contribution in [0.5, 0.6) is 5.75 Å². The van der Waals surface area contributed by atoms with Gasteiger partial charge in [0.25, 0.3) is 5.91 Å². The Morgan fingerprint density at radius 1 is 1.07 bits per heavy atom. The third kappa shape index (κ3) is 2.96. The molecule has 4 nitrogen and oxygen atoms in total. The van der Waals surface area contributed by atoms with Crippen molar-refractivity contribution in [3.05, 3.63) is 77.4 Å². The standard InChI is InChI=1S/C23H23NO3/c1-15(2)20-21(22-19(13-14-27-22)16-7-5-4-6-8-16)24(23(20)25)17-9-11-18(26-3)12-10-17/h4-13,21-22H,14H2,1-3H3/t21-,22+/m1/s1. The summed E-state index contributed by atoms with van der Waals surface area (Å²) in [6, 6.07) is 17.7. The number of benzene rings is 2. The van der Waals surface area contributed by atoms with Gasteiger partial charge in [0.2, 0.25) is 0 Å². The van der Waals surface area contributed by atoms with Gasteiger partial charge in [0.05, 0.1) is 19.8 Å². The minimum Gasteiger partial charge on any atom is -0.497 e. The van der Waals surface area contributed by atoms with E-state index in [-0.39, 0.29) is 18.1 Å². The highest BCUT2D eigenvalue weighted by Gasteiger charge is 2.50. The molecule has 0 spiro atoms. The molecule has 0 aliphatic carbocycles. The molecule has 2 aliphatic heterocycles. The van der Waals surface area contributed by atoms with Gasteiger partial charge in [0.1, 0.15) is 11.9 Å². The fourth-order valence-corrected chi connectivity index (χ4v) is 3.88. The lowest BCUT2D eigenvalue weighted by Crippen LogP contribution is -2.61. The summed E-state index contributed by atoms with van der Waals surface area (Å²) in [6.45, 7) is 4.55. The van der Waals surface area contributed by atoms with E-state index in [1.165, 1.54) is 0 Å². The number of hydrogen-bond donors (Lipinski definition) is 0. The summed E-state index contributed by atoms with van der Waals surface area (Å²) in [5.41, 5.74) is 5.03. The molecular formula is C23H23NO3. The van der Waals surface area contributed by atoms with Crippen molar-refractivity contribution in [3.63, 3.8) is 0 Å². The van der Waals surface area contributed by atoms with Crippen molar-refractivity contribution < 1.29 is 14.3 Å². The number of nitrogens with zero attached hydrogens (tertiary/aromatic N) is 1. The Morgan fingerprint density at radius 3 is 2.41 bits per heavy atom. The van der Waals surface area contributed by atoms with Crippen LogP contribution in [0, 0.1) is 0 Å². The number of anilines is 1. The maximum absolute atomic E-state index is 12.9. The van der Waals surface area contributed by atoms with Gasteiger partial charge in [-0.15, -0.1) is 0 Å². The quantitative estimate of drug-likeness (QED) is 0.604. The zero-order chi connectivity index (χ0) is 19.0. The fourth-order valence-electron chi connectivity index (χ4n) is 3.88. The van der Waals surface area contributed by atoms with E-state index in [9.17, 15) is 4.79 Å². The van der Waals surface area contributed by atoms with Crippen LogP contribution < -0.4 is 9.64 Å². The average Bonchev–Trinajstić information content (AvgIpc) is 3.16. The summed E-state index contributed by atoms with van der Waals surface area (Å²) in [4.78, 5) is 14.8. The van der Waals surface area contributed by atoms with Crippen molar-refractivity contribution in [1.82, 2.24) is 0 Å². The van der Waals surface area contributed by atoms with E-state index < -0.39 is 0 Å². The van der Waals surface area contributed by atoms with Crippen LogP contribution in [0.3, 0.4) is 0 Å². The second kappa shape index (κ2) is 7.05. The van der Waals surface area contributed by atoms with Crippen molar-refractivity contribution in [1.29, 1.82) is 0 Å². The number of methoxy groups -OCH3 is 1. The van der Waals surface area contributed by atoms with E-state index in [2.05, 4.69) is 18.2 Å². The molecule has 1 saturated heterocycles. The van der Waals surface area contributed by atoms with Gasteiger partial charge in [0.15, 0.2) is 0 Å². The van der Waals surface area contributed by atoms with E-state index in [1.54, 1.807) is 7.11 Å². The van der Waals surface area contributed by atoms with E-state index in [0.717, 1.165) is 33.7 Å². The van der Waals surface area contributed by atoms with Crippen molar-refractivity contribution >= 4 is 17.2 Å². The topological polar surface area (TPSA) is 38.8 Å². The monoisotopic (exact) mass is 361 g/mol. The van der Waals surface area contributed by atoms with Gasteiger partial charge in [-0.2, -0.15) is 0 Å². The van der Waals surface area contributed by atoms with Crippen molar-refractivity contribution in [2.45, 2.75) is 26.0 Å². The van der Waals surface area contributed by atoms with Crippen LogP contribution in [0.25, 0.3) is 5.57 Å². The Morgan fingerprint density at radius 2 is 1.78 bits per heavy atom. The summed E-state index contributed by atoms with van der Waals surface area (Å²) in [5, 5.41) is 0. The molecule has 27 heavy (non-hydrogen) atoms. The lowest BCUT2D eigenvalue weighted by Gasteiger charge is -2.46. The maximum Gasteiger partial charge on any atom is 0.257 e. The summed E-state index contributed by atoms with van der Waals surface area (Å²) in [7, 11) is 1.64. The second-order valence-corrected chi connectivity index (χ2v) is 7.01. The Labute approximate surface area is 159 Å². The van der Waals surface area contributed by atoms with Crippen molar-refractivity contribution in [2.24, 2.45) is 0 Å². The normalized spacial score (nSPS) is 21.7. The molecule has 0 aromatic heterocycles. The molecule has 1 amide bonds. The molecule has 138 valence electrons. The highest BCUT2D eigenvalue weighted by molar-refractivity contribution is 6.16. The highest BCUT2D eigenvalue weighted by atomic mass is 16.5. The number of rotatable bonds is 4. The number of ether oxygens (including phenoxy) is 2. The lowest BCUT2D eigenvalue weighted by molar-refractivity contribution is -0.120. The minimum absolute atomic E-state index is 0.0491. The van der Waals surface area contributed by atoms with Crippen LogP contribution in [0.4, 0.5) is 5.69 Å². The van der Waals surface area contributed by atoms with E-state index in [1.807, 2.05) is 61.2 Å². The minimum atomic E-state index is -0.169. The Balaban J connectivity index is 1.72. The first-order valence-corrected chi connectivity index (χ1v) is 9.14. The molecule has 2 aliphatic rings. The van der Waals surface area contributed by atoms with Gasteiger partial charge in [-0.1, -0.05) is 42.0 Å². The Kier molecular flexibility index (Phi) is 4.58. The van der Waals surface area contributed by atoms with Crippen LogP contribution in [0.15, 0.2) is 71.8 Å². The van der Waals surface area contributed by atoms with Crippen LogP contribution in [-0.4, -0.2) is 31.8 Å². The third-order valence-electron chi connectivity index (χ3n) is 5.19. The van der Waals surface area contributed by atoms with Gasteiger partial charge in [0, 0.05) is 11.3 Å². The first-order chi connectivity index (χ1) is 13.1. The van der Waals surface area contributed by atoms with E-state index >= 15 is 0 Å². The number of carbonyl (C=O) groups excluding carboxylic acids is 1. The fraction of sp³-hybridized carbons (Fsp3) is 0.261. The number of allylic oxidation sites excluding steroid dienone is 1. The summed E-state index contributed by atoms with van der Waals surface area (Å²) in [6.07, 6.45) is 1.95. The second-order valence-electron chi connectivity index (χ2n) is 7.01. The zero-order valence-corrected chi connectivity index (χ0v) is 15.8. The molecule has 2 aromatic carbocycles. The molecule has 2 aromatic rings. The van der Waals surface area contributed by atoms with Crippen molar-refractivity contribution in [2.75, 3.05) is 18.6 Å². The third-order valence-corrected chi connectivity index (χ3v) is 5.19. The van der Waals surface area contributed by atoms with Crippen LogP contribution >= 0.6 is 0 Å². The summed E-state index contributed by atoms with van der Waals surface area (Å²) in [5.74, 6) is 0.820. The zero-order valence-electron chi connectivity index (χ0n) is 15.8. The molecule has 0 unspecified atom stereocenters. The van der Waals surface area contributed by atoms with Crippen molar-refractivity contribution in [3.8, 4) is 5.75 Å². The smallest absolute Gasteiger partial charge is 0.257 e. The molecule has 1 fully saturated rings. The molecule has 0 saturated carbocycles. The SMILES string of the molecule is COc1ccc(N2C(=O)C(=C(C)C)[C@@H]2[C@H]2OCC=C2c2ccccc2)cc1. The van der Waals surface area contributed by atoms with E-state index in [0.29, 0.717) is 6.61 Å². The largest absolute Gasteiger partial charge is 0.497 e. The Bertz CT molecular complexity index is 908. The van der Waals surface area contributed by atoms with Gasteiger partial charge < -0.3 is 9.47 Å². The Hall–Kier alpha value is -2.85. The average molecular weight is 361 g/mol. The first-order valence-electron chi connectivity index (χ1n) is 9.14. The van der Waals surface area contributed by atoms with E-state index in [4.69, 9.17) is 9.47 Å². The highest BCUT2D eigenvalue weighted by Crippen LogP contribution is 2.42. The molecule has 2 heterocycles. The van der Waals surface area contributed by atoms with Gasteiger partial charge >= 0.3 is 0 Å². The molecule has 4 rings (SSSR count). The molecule has 0 N–H and O–H groups in total. The van der Waals surface area contributed by atoms with Crippen LogP contribution in [-0.2, 0) is 9.53 Å². The van der Waals surface area contributed by atoms with Crippen LogP contribution in [0.1, 0.15) is 19.4 Å². The predicted octanol–water partition coefficient (Wildman–Crippen LogP) is 4.23.